The van der Waals surface area contributed by atoms with Crippen LogP contribution in [0.2, 0.25) is 0 Å². The van der Waals surface area contributed by atoms with Crippen molar-refractivity contribution >= 4 is 34.5 Å². The minimum absolute atomic E-state index is 0.00795. The Hall–Kier alpha value is -4.27. The molecule has 0 radical (unpaired) electrons. The molecule has 162 valence electrons. The highest BCUT2D eigenvalue weighted by molar-refractivity contribution is 5.99. The fourth-order valence-electron chi connectivity index (χ4n) is 3.11. The lowest BCUT2D eigenvalue weighted by molar-refractivity contribution is -0.137. The van der Waals surface area contributed by atoms with Crippen LogP contribution >= 0.6 is 0 Å². The summed E-state index contributed by atoms with van der Waals surface area (Å²) in [6, 6.07) is 13.0. The number of rotatable bonds is 5. The maximum Gasteiger partial charge on any atom is 0.417 e. The number of carbonyl (C=O) groups excluding carboxylic acids is 1. The number of ether oxygens (including phenoxy) is 1. The maximum absolute atomic E-state index is 13.2. The first kappa shape index (κ1) is 21.0. The summed E-state index contributed by atoms with van der Waals surface area (Å²) < 4.78 is 45.4. The van der Waals surface area contributed by atoms with E-state index in [9.17, 15) is 18.0 Å². The van der Waals surface area contributed by atoms with Gasteiger partial charge in [-0.15, -0.1) is 0 Å². The van der Waals surface area contributed by atoms with Crippen LogP contribution in [0.3, 0.4) is 0 Å². The summed E-state index contributed by atoms with van der Waals surface area (Å²) in [7, 11) is 0. The molecule has 0 aliphatic carbocycles. The Morgan fingerprint density at radius 2 is 1.75 bits per heavy atom. The van der Waals surface area contributed by atoms with Crippen LogP contribution in [-0.2, 0) is 6.18 Å². The van der Waals surface area contributed by atoms with E-state index in [4.69, 9.17) is 4.74 Å². The van der Waals surface area contributed by atoms with E-state index in [1.807, 2.05) is 6.07 Å². The average molecular weight is 438 g/mol. The van der Waals surface area contributed by atoms with Crippen molar-refractivity contribution in [2.24, 2.45) is 0 Å². The Labute approximate surface area is 180 Å². The second-order valence-corrected chi connectivity index (χ2v) is 6.76. The molecule has 2 aromatic heterocycles. The average Bonchev–Trinajstić information content (AvgIpc) is 3.24. The number of amides is 2. The molecule has 6 nitrogen and oxygen atoms in total. The van der Waals surface area contributed by atoms with Gasteiger partial charge in [-0.3, -0.25) is 0 Å². The van der Waals surface area contributed by atoms with Gasteiger partial charge >= 0.3 is 12.2 Å². The van der Waals surface area contributed by atoms with E-state index >= 15 is 0 Å². The number of aromatic amines is 1. The quantitative estimate of drug-likeness (QED) is 0.326. The number of hydrogen-bond donors (Lipinski definition) is 3. The van der Waals surface area contributed by atoms with Crippen LogP contribution in [0.4, 0.5) is 29.3 Å². The molecule has 0 unspecified atom stereocenters. The first-order chi connectivity index (χ1) is 15.3. The molecule has 0 atom stereocenters. The van der Waals surface area contributed by atoms with Crippen LogP contribution in [0.1, 0.15) is 11.1 Å². The van der Waals surface area contributed by atoms with Gasteiger partial charge in [0.25, 0.3) is 0 Å². The van der Waals surface area contributed by atoms with Crippen molar-refractivity contribution in [1.82, 2.24) is 9.97 Å². The second-order valence-electron chi connectivity index (χ2n) is 6.76. The van der Waals surface area contributed by atoms with Gasteiger partial charge in [0.15, 0.2) is 0 Å². The lowest BCUT2D eigenvalue weighted by Gasteiger charge is -2.13. The number of pyridine rings is 1. The zero-order valence-electron chi connectivity index (χ0n) is 16.5. The lowest BCUT2D eigenvalue weighted by Crippen LogP contribution is -2.20. The number of alkyl halides is 3. The van der Waals surface area contributed by atoms with E-state index < -0.39 is 17.8 Å². The third kappa shape index (κ3) is 4.56. The number of fused-ring (bicyclic) bond motifs is 1. The van der Waals surface area contributed by atoms with E-state index in [1.165, 1.54) is 12.1 Å². The number of hydrogen-bond acceptors (Lipinski definition) is 3. The summed E-state index contributed by atoms with van der Waals surface area (Å²) in [5, 5.41) is 5.80. The minimum atomic E-state index is -4.56. The molecule has 32 heavy (non-hydrogen) atoms. The fraction of sp³-hybridized carbons (Fsp3) is 0.0435. The molecule has 0 aliphatic heterocycles. The summed E-state index contributed by atoms with van der Waals surface area (Å²) in [6.07, 6.45) is -0.0589. The molecular formula is C23H17F3N4O2. The molecule has 0 bridgehead atoms. The smallest absolute Gasteiger partial charge is 0.417 e. The Kier molecular flexibility index (Phi) is 5.55. The first-order valence-corrected chi connectivity index (χ1v) is 9.45. The van der Waals surface area contributed by atoms with Crippen molar-refractivity contribution < 1.29 is 22.7 Å². The van der Waals surface area contributed by atoms with Gasteiger partial charge in [-0.25, -0.2) is 9.78 Å². The van der Waals surface area contributed by atoms with E-state index in [1.54, 1.807) is 42.7 Å². The number of nitrogens with zero attached hydrogens (tertiary/aromatic N) is 1. The number of H-pyrrole nitrogens is 1. The topological polar surface area (TPSA) is 79.0 Å². The van der Waals surface area contributed by atoms with Crippen molar-refractivity contribution in [3.8, 4) is 11.5 Å². The van der Waals surface area contributed by atoms with Crippen LogP contribution < -0.4 is 15.4 Å². The van der Waals surface area contributed by atoms with Gasteiger partial charge in [0.05, 0.1) is 10.9 Å². The third-order valence-corrected chi connectivity index (χ3v) is 4.60. The van der Waals surface area contributed by atoms with E-state index in [2.05, 4.69) is 27.2 Å². The maximum atomic E-state index is 13.2. The molecular weight excluding hydrogens is 421 g/mol. The molecule has 3 N–H and O–H groups in total. The predicted octanol–water partition coefficient (Wildman–Crippen LogP) is 6.66. The molecule has 9 heteroatoms. The number of nitrogens with one attached hydrogen (secondary N) is 3. The summed E-state index contributed by atoms with van der Waals surface area (Å²) >= 11 is 0. The fourth-order valence-corrected chi connectivity index (χ4v) is 3.11. The highest BCUT2D eigenvalue weighted by atomic mass is 19.4. The second kappa shape index (κ2) is 8.46. The van der Waals surface area contributed by atoms with Gasteiger partial charge in [0, 0.05) is 23.8 Å². The first-order valence-electron chi connectivity index (χ1n) is 9.45. The summed E-state index contributed by atoms with van der Waals surface area (Å²) in [4.78, 5) is 19.4. The van der Waals surface area contributed by atoms with Crippen molar-refractivity contribution in [2.75, 3.05) is 10.6 Å². The van der Waals surface area contributed by atoms with Gasteiger partial charge in [-0.05, 0) is 54.1 Å². The van der Waals surface area contributed by atoms with Gasteiger partial charge < -0.3 is 20.4 Å². The minimum Gasteiger partial charge on any atom is -0.457 e. The lowest BCUT2D eigenvalue weighted by atomic mass is 10.1. The molecule has 2 heterocycles. The Morgan fingerprint density at radius 1 is 1.03 bits per heavy atom. The van der Waals surface area contributed by atoms with E-state index in [-0.39, 0.29) is 11.3 Å². The summed E-state index contributed by atoms with van der Waals surface area (Å²) in [6.45, 7) is 3.38. The summed E-state index contributed by atoms with van der Waals surface area (Å²) in [5.41, 5.74) is 0.209. The number of carbonyl (C=O) groups is 1. The predicted molar refractivity (Wildman–Crippen MR) is 117 cm³/mol. The molecule has 0 fully saturated rings. The molecule has 0 saturated heterocycles. The largest absolute Gasteiger partial charge is 0.457 e. The van der Waals surface area contributed by atoms with E-state index in [0.29, 0.717) is 22.8 Å². The highest BCUT2D eigenvalue weighted by Gasteiger charge is 2.33. The van der Waals surface area contributed by atoms with Crippen molar-refractivity contribution in [2.45, 2.75) is 6.18 Å². The highest BCUT2D eigenvalue weighted by Crippen LogP contribution is 2.34. The Balaban J connectivity index is 1.42. The Bertz CT molecular complexity index is 1280. The molecule has 4 rings (SSSR count). The Morgan fingerprint density at radius 3 is 2.47 bits per heavy atom. The number of halogens is 3. The van der Waals surface area contributed by atoms with Crippen LogP contribution in [-0.4, -0.2) is 16.0 Å². The molecule has 4 aromatic rings. The number of anilines is 2. The van der Waals surface area contributed by atoms with Gasteiger partial charge in [-0.1, -0.05) is 18.7 Å². The zero-order valence-corrected chi connectivity index (χ0v) is 16.5. The van der Waals surface area contributed by atoms with Crippen molar-refractivity contribution in [1.29, 1.82) is 0 Å². The van der Waals surface area contributed by atoms with Crippen LogP contribution in [0.25, 0.3) is 17.1 Å². The molecule has 2 aromatic carbocycles. The number of aromatic nitrogens is 2. The third-order valence-electron chi connectivity index (χ3n) is 4.60. The SMILES string of the molecule is C=Cc1ccc(NC(=O)Nc2ccc(Oc3ccnc4[nH]ccc34)cc2)cc1C(F)(F)F. The zero-order chi connectivity index (χ0) is 22.7. The number of benzene rings is 2. The van der Waals surface area contributed by atoms with Crippen molar-refractivity contribution in [3.63, 3.8) is 0 Å². The molecule has 2 amide bonds. The standard InChI is InChI=1S/C23H17F3N4O2/c1-2-14-3-4-16(13-19(14)23(24,25)26)30-22(31)29-15-5-7-17(8-6-15)32-20-10-12-28-21-18(20)9-11-27-21/h2-13H,1H2,(H,27,28)(H2,29,30,31). The molecule has 0 aliphatic rings. The van der Waals surface area contributed by atoms with Gasteiger partial charge in [0.2, 0.25) is 0 Å². The number of urea groups is 1. The van der Waals surface area contributed by atoms with Crippen LogP contribution in [0.15, 0.2) is 73.6 Å². The van der Waals surface area contributed by atoms with Crippen molar-refractivity contribution in [3.05, 3.63) is 84.7 Å². The molecule has 0 spiro atoms. The van der Waals surface area contributed by atoms with E-state index in [0.717, 1.165) is 17.5 Å². The van der Waals surface area contributed by atoms with Gasteiger partial charge in [0.1, 0.15) is 17.1 Å². The monoisotopic (exact) mass is 438 g/mol. The van der Waals surface area contributed by atoms with Gasteiger partial charge in [-0.2, -0.15) is 13.2 Å². The summed E-state index contributed by atoms with van der Waals surface area (Å²) in [5.74, 6) is 1.16. The molecule has 0 saturated carbocycles. The normalized spacial score (nSPS) is 11.2. The van der Waals surface area contributed by atoms with Crippen LogP contribution in [0.5, 0.6) is 11.5 Å². The van der Waals surface area contributed by atoms with Crippen LogP contribution in [0, 0.1) is 0 Å².